The topological polar surface area (TPSA) is 123 Å². The Balaban J connectivity index is 1.60. The molecule has 4 aromatic rings. The van der Waals surface area contributed by atoms with Crippen LogP contribution < -0.4 is 10.7 Å². The molecule has 8 nitrogen and oxygen atoms in total. The van der Waals surface area contributed by atoms with Crippen molar-refractivity contribution in [3.63, 3.8) is 0 Å². The lowest BCUT2D eigenvalue weighted by atomic mass is 10.1. The molecule has 0 aliphatic heterocycles. The van der Waals surface area contributed by atoms with Crippen molar-refractivity contribution in [1.82, 2.24) is 0 Å². The predicted molar refractivity (Wildman–Crippen MR) is 115 cm³/mol. The number of amides is 1. The Kier molecular flexibility index (Phi) is 4.96. The second kappa shape index (κ2) is 7.75. The summed E-state index contributed by atoms with van der Waals surface area (Å²) in [6, 6.07) is 16.4. The van der Waals surface area contributed by atoms with Crippen LogP contribution in [0, 0.1) is 17.0 Å². The Morgan fingerprint density at radius 1 is 1.03 bits per heavy atom. The molecule has 0 radical (unpaired) electrons. The zero-order chi connectivity index (χ0) is 22.1. The van der Waals surface area contributed by atoms with E-state index in [0.29, 0.717) is 22.3 Å². The van der Waals surface area contributed by atoms with Crippen LogP contribution in [-0.4, -0.2) is 15.9 Å². The molecular formula is C23H16N2O6. The van der Waals surface area contributed by atoms with Crippen molar-refractivity contribution in [3.05, 3.63) is 98.2 Å². The van der Waals surface area contributed by atoms with Crippen LogP contribution in [-0.2, 0) is 0 Å². The van der Waals surface area contributed by atoms with E-state index in [1.54, 1.807) is 24.3 Å². The standard InChI is InChI=1S/C23H16N2O6/c1-13-2-9-21-17(10-13)20(27)12-22(31-21)14-3-5-15(6-4-14)23(28)24-18-11-16(25(29)30)7-8-19(18)26/h2-12,26H,1H3,(H,24,28). The van der Waals surface area contributed by atoms with E-state index in [9.17, 15) is 24.8 Å². The molecule has 0 atom stereocenters. The van der Waals surface area contributed by atoms with Crippen molar-refractivity contribution in [2.45, 2.75) is 6.92 Å². The summed E-state index contributed by atoms with van der Waals surface area (Å²) in [4.78, 5) is 35.2. The maximum absolute atomic E-state index is 12.5. The van der Waals surface area contributed by atoms with E-state index in [0.717, 1.165) is 23.8 Å². The maximum atomic E-state index is 12.5. The third-order valence-electron chi connectivity index (χ3n) is 4.75. The van der Waals surface area contributed by atoms with Gasteiger partial charge in [-0.1, -0.05) is 23.8 Å². The monoisotopic (exact) mass is 416 g/mol. The van der Waals surface area contributed by atoms with Crippen molar-refractivity contribution in [2.24, 2.45) is 0 Å². The van der Waals surface area contributed by atoms with E-state index < -0.39 is 10.8 Å². The van der Waals surface area contributed by atoms with Crippen LogP contribution in [0.25, 0.3) is 22.3 Å². The summed E-state index contributed by atoms with van der Waals surface area (Å²) in [6.07, 6.45) is 0. The molecule has 31 heavy (non-hydrogen) atoms. The predicted octanol–water partition coefficient (Wildman–Crippen LogP) is 4.63. The van der Waals surface area contributed by atoms with E-state index in [1.807, 2.05) is 13.0 Å². The van der Waals surface area contributed by atoms with E-state index >= 15 is 0 Å². The van der Waals surface area contributed by atoms with Gasteiger partial charge in [-0.2, -0.15) is 0 Å². The van der Waals surface area contributed by atoms with Gasteiger partial charge in [0.1, 0.15) is 17.1 Å². The Morgan fingerprint density at radius 2 is 1.77 bits per heavy atom. The van der Waals surface area contributed by atoms with E-state index in [1.165, 1.54) is 18.2 Å². The lowest BCUT2D eigenvalue weighted by Crippen LogP contribution is -2.12. The van der Waals surface area contributed by atoms with E-state index in [4.69, 9.17) is 4.42 Å². The number of nitrogens with zero attached hydrogens (tertiary/aromatic N) is 1. The first-order valence-electron chi connectivity index (χ1n) is 9.25. The number of carbonyl (C=O) groups excluding carboxylic acids is 1. The van der Waals surface area contributed by atoms with Gasteiger partial charge in [0.25, 0.3) is 11.6 Å². The molecule has 1 amide bonds. The van der Waals surface area contributed by atoms with Gasteiger partial charge < -0.3 is 14.8 Å². The fourth-order valence-corrected chi connectivity index (χ4v) is 3.13. The van der Waals surface area contributed by atoms with E-state index in [2.05, 4.69) is 5.32 Å². The summed E-state index contributed by atoms with van der Waals surface area (Å²) >= 11 is 0. The minimum atomic E-state index is -0.622. The van der Waals surface area contributed by atoms with Gasteiger partial charge in [-0.3, -0.25) is 19.7 Å². The normalized spacial score (nSPS) is 10.7. The highest BCUT2D eigenvalue weighted by Crippen LogP contribution is 2.29. The molecule has 0 unspecified atom stereocenters. The van der Waals surface area contributed by atoms with Gasteiger partial charge in [0.2, 0.25) is 0 Å². The van der Waals surface area contributed by atoms with Crippen molar-refractivity contribution < 1.29 is 19.2 Å². The van der Waals surface area contributed by atoms with Gasteiger partial charge in [0.05, 0.1) is 16.0 Å². The summed E-state index contributed by atoms with van der Waals surface area (Å²) in [7, 11) is 0. The Bertz CT molecular complexity index is 1390. The summed E-state index contributed by atoms with van der Waals surface area (Å²) in [5.41, 5.74) is 1.79. The average molecular weight is 416 g/mol. The summed E-state index contributed by atoms with van der Waals surface area (Å²) in [5.74, 6) is -0.480. The number of non-ortho nitro benzene ring substituents is 1. The minimum absolute atomic E-state index is 0.0703. The van der Waals surface area contributed by atoms with Gasteiger partial charge in [-0.25, -0.2) is 0 Å². The second-order valence-corrected chi connectivity index (χ2v) is 6.96. The molecule has 0 fully saturated rings. The van der Waals surface area contributed by atoms with Gasteiger partial charge in [0.15, 0.2) is 5.43 Å². The molecule has 8 heteroatoms. The first-order valence-corrected chi connectivity index (χ1v) is 9.25. The summed E-state index contributed by atoms with van der Waals surface area (Å²) in [6.45, 7) is 1.89. The Labute approximate surface area is 175 Å². The highest BCUT2D eigenvalue weighted by Gasteiger charge is 2.14. The molecule has 3 aromatic carbocycles. The SMILES string of the molecule is Cc1ccc2oc(-c3ccc(C(=O)Nc4cc([N+](=O)[O-])ccc4O)cc3)cc(=O)c2c1. The number of carbonyl (C=O) groups is 1. The minimum Gasteiger partial charge on any atom is -0.506 e. The Morgan fingerprint density at radius 3 is 2.48 bits per heavy atom. The number of hydrogen-bond acceptors (Lipinski definition) is 6. The van der Waals surface area contributed by atoms with Crippen LogP contribution in [0.2, 0.25) is 0 Å². The number of fused-ring (bicyclic) bond motifs is 1. The number of anilines is 1. The number of aryl methyl sites for hydroxylation is 1. The molecule has 0 saturated heterocycles. The first-order chi connectivity index (χ1) is 14.8. The quantitative estimate of drug-likeness (QED) is 0.284. The molecule has 2 N–H and O–H groups in total. The number of nitrogens with one attached hydrogen (secondary N) is 1. The third kappa shape index (κ3) is 3.99. The third-order valence-corrected chi connectivity index (χ3v) is 4.75. The maximum Gasteiger partial charge on any atom is 0.271 e. The number of phenolic OH excluding ortho intramolecular Hbond substituents is 1. The largest absolute Gasteiger partial charge is 0.506 e. The van der Waals surface area contributed by atoms with Crippen molar-refractivity contribution in [2.75, 3.05) is 5.32 Å². The number of phenols is 1. The van der Waals surface area contributed by atoms with Crippen LogP contribution in [0.4, 0.5) is 11.4 Å². The van der Waals surface area contributed by atoms with Gasteiger partial charge in [-0.15, -0.1) is 0 Å². The second-order valence-electron chi connectivity index (χ2n) is 6.96. The summed E-state index contributed by atoms with van der Waals surface area (Å²) < 4.78 is 5.83. The fraction of sp³-hybridized carbons (Fsp3) is 0.0435. The molecule has 1 heterocycles. The van der Waals surface area contributed by atoms with Crippen LogP contribution in [0.5, 0.6) is 5.75 Å². The number of aromatic hydroxyl groups is 1. The van der Waals surface area contributed by atoms with Crippen molar-refractivity contribution >= 4 is 28.3 Å². The first kappa shape index (κ1) is 19.8. The smallest absolute Gasteiger partial charge is 0.271 e. The lowest BCUT2D eigenvalue weighted by molar-refractivity contribution is -0.384. The van der Waals surface area contributed by atoms with Gasteiger partial charge in [-0.05, 0) is 37.3 Å². The van der Waals surface area contributed by atoms with Crippen LogP contribution in [0.15, 0.2) is 75.9 Å². The number of benzene rings is 3. The van der Waals surface area contributed by atoms with Gasteiger partial charge in [0, 0.05) is 29.3 Å². The molecule has 0 saturated carbocycles. The molecule has 0 bridgehead atoms. The number of hydrogen-bond donors (Lipinski definition) is 2. The number of nitro groups is 1. The number of nitro benzene ring substituents is 1. The number of rotatable bonds is 4. The zero-order valence-corrected chi connectivity index (χ0v) is 16.3. The van der Waals surface area contributed by atoms with Crippen LogP contribution >= 0.6 is 0 Å². The van der Waals surface area contributed by atoms with Crippen LogP contribution in [0.1, 0.15) is 15.9 Å². The highest BCUT2D eigenvalue weighted by atomic mass is 16.6. The average Bonchev–Trinajstić information content (AvgIpc) is 2.75. The molecule has 0 aliphatic rings. The molecule has 4 rings (SSSR count). The van der Waals surface area contributed by atoms with Crippen molar-refractivity contribution in [1.29, 1.82) is 0 Å². The Hall–Kier alpha value is -4.46. The fourth-order valence-electron chi connectivity index (χ4n) is 3.13. The molecule has 1 aromatic heterocycles. The lowest BCUT2D eigenvalue weighted by Gasteiger charge is -2.08. The zero-order valence-electron chi connectivity index (χ0n) is 16.3. The van der Waals surface area contributed by atoms with Crippen LogP contribution in [0.3, 0.4) is 0 Å². The molecule has 154 valence electrons. The molecular weight excluding hydrogens is 400 g/mol. The molecule has 0 spiro atoms. The summed E-state index contributed by atoms with van der Waals surface area (Å²) in [5, 5.41) is 23.7. The molecule has 0 aliphatic carbocycles. The van der Waals surface area contributed by atoms with Gasteiger partial charge >= 0.3 is 0 Å². The van der Waals surface area contributed by atoms with E-state index in [-0.39, 0.29) is 28.1 Å². The highest BCUT2D eigenvalue weighted by molar-refractivity contribution is 6.05. The van der Waals surface area contributed by atoms with Crippen molar-refractivity contribution in [3.8, 4) is 17.1 Å².